The third-order valence-electron chi connectivity index (χ3n) is 2.30. The molecule has 3 N–H and O–H groups in total. The van der Waals surface area contributed by atoms with Crippen molar-refractivity contribution in [1.82, 2.24) is 4.98 Å². The highest BCUT2D eigenvalue weighted by Crippen LogP contribution is 2.30. The lowest BCUT2D eigenvalue weighted by Gasteiger charge is -2.10. The summed E-state index contributed by atoms with van der Waals surface area (Å²) in [5, 5.41) is 9.93. The summed E-state index contributed by atoms with van der Waals surface area (Å²) in [5.74, 6) is -0.148. The molecule has 2 unspecified atom stereocenters. The molecule has 7 heteroatoms. The number of pyridine rings is 1. The number of nitrogens with zero attached hydrogens (tertiary/aromatic N) is 1. The smallest absolute Gasteiger partial charge is 0.154 e. The van der Waals surface area contributed by atoms with Gasteiger partial charge in [0.05, 0.1) is 39.8 Å². The number of nitrogen functional groups attached to an aromatic ring is 1. The number of aliphatic hydroxyl groups is 1. The minimum atomic E-state index is -3.10. The van der Waals surface area contributed by atoms with E-state index in [1.165, 1.54) is 18.0 Å². The van der Waals surface area contributed by atoms with Crippen molar-refractivity contribution in [3.05, 3.63) is 18.3 Å². The van der Waals surface area contributed by atoms with E-state index in [0.29, 0.717) is 10.7 Å². The largest absolute Gasteiger partial charge is 0.397 e. The molecule has 5 nitrogen and oxygen atoms in total. The van der Waals surface area contributed by atoms with Crippen molar-refractivity contribution in [3.8, 4) is 0 Å². The summed E-state index contributed by atoms with van der Waals surface area (Å²) >= 11 is 1.27. The van der Waals surface area contributed by atoms with Crippen LogP contribution >= 0.6 is 11.8 Å². The van der Waals surface area contributed by atoms with Crippen LogP contribution < -0.4 is 5.73 Å². The van der Waals surface area contributed by atoms with Gasteiger partial charge in [-0.05, 0) is 12.1 Å². The van der Waals surface area contributed by atoms with E-state index >= 15 is 0 Å². The lowest BCUT2D eigenvalue weighted by atomic mass is 10.3. The van der Waals surface area contributed by atoms with Crippen LogP contribution in [-0.4, -0.2) is 41.4 Å². The van der Waals surface area contributed by atoms with Gasteiger partial charge in [0, 0.05) is 0 Å². The zero-order valence-corrected chi connectivity index (χ0v) is 10.0. The zero-order chi connectivity index (χ0) is 11.8. The summed E-state index contributed by atoms with van der Waals surface area (Å²) in [5.41, 5.74) is 6.05. The third-order valence-corrected chi connectivity index (χ3v) is 5.50. The summed E-state index contributed by atoms with van der Waals surface area (Å²) in [6.45, 7) is 0. The molecule has 0 aromatic carbocycles. The number of aromatic nitrogens is 1. The number of nitrogens with two attached hydrogens (primary N) is 1. The van der Waals surface area contributed by atoms with Gasteiger partial charge in [0.1, 0.15) is 0 Å². The minimum Gasteiger partial charge on any atom is -0.397 e. The summed E-state index contributed by atoms with van der Waals surface area (Å²) in [7, 11) is -3.10. The fourth-order valence-corrected chi connectivity index (χ4v) is 4.98. The molecule has 0 saturated carbocycles. The van der Waals surface area contributed by atoms with Crippen molar-refractivity contribution in [2.75, 3.05) is 17.2 Å². The van der Waals surface area contributed by atoms with Gasteiger partial charge < -0.3 is 10.8 Å². The summed E-state index contributed by atoms with van der Waals surface area (Å²) in [6.07, 6.45) is 0.701. The number of hydrogen-bond acceptors (Lipinski definition) is 6. The van der Waals surface area contributed by atoms with Gasteiger partial charge in [0.15, 0.2) is 9.84 Å². The van der Waals surface area contributed by atoms with E-state index in [2.05, 4.69) is 4.98 Å². The van der Waals surface area contributed by atoms with Gasteiger partial charge >= 0.3 is 0 Å². The van der Waals surface area contributed by atoms with Gasteiger partial charge in [-0.25, -0.2) is 13.4 Å². The van der Waals surface area contributed by atoms with E-state index < -0.39 is 15.9 Å². The molecule has 2 heterocycles. The highest BCUT2D eigenvalue weighted by Gasteiger charge is 2.37. The van der Waals surface area contributed by atoms with E-state index in [4.69, 9.17) is 5.73 Å². The molecule has 1 aromatic rings. The van der Waals surface area contributed by atoms with Crippen LogP contribution in [0.1, 0.15) is 0 Å². The molecule has 1 fully saturated rings. The SMILES string of the molecule is Nc1ccc(SC2CS(=O)(=O)CC2O)nc1. The molecule has 88 valence electrons. The highest BCUT2D eigenvalue weighted by atomic mass is 32.2. The molecule has 2 atom stereocenters. The first-order valence-electron chi connectivity index (χ1n) is 4.73. The molecule has 2 rings (SSSR count). The molecular weight excluding hydrogens is 248 g/mol. The fourth-order valence-electron chi connectivity index (χ4n) is 1.53. The van der Waals surface area contributed by atoms with Gasteiger partial charge in [0.25, 0.3) is 0 Å². The fraction of sp³-hybridized carbons (Fsp3) is 0.444. The molecule has 0 amide bonds. The first-order chi connectivity index (χ1) is 7.46. The van der Waals surface area contributed by atoms with Gasteiger partial charge in [0.2, 0.25) is 0 Å². The minimum absolute atomic E-state index is 0.00485. The van der Waals surface area contributed by atoms with E-state index in [0.717, 1.165) is 0 Å². The van der Waals surface area contributed by atoms with Gasteiger partial charge in [-0.15, -0.1) is 0 Å². The molecule has 1 aliphatic rings. The maximum absolute atomic E-state index is 11.3. The second-order valence-electron chi connectivity index (χ2n) is 3.73. The Balaban J connectivity index is 2.08. The lowest BCUT2D eigenvalue weighted by Crippen LogP contribution is -2.20. The summed E-state index contributed by atoms with van der Waals surface area (Å²) in [4.78, 5) is 4.06. The van der Waals surface area contributed by atoms with Crippen LogP contribution in [0.2, 0.25) is 0 Å². The second kappa shape index (κ2) is 4.23. The Kier molecular flexibility index (Phi) is 3.09. The third kappa shape index (κ3) is 2.66. The van der Waals surface area contributed by atoms with Gasteiger partial charge in [-0.3, -0.25) is 0 Å². The van der Waals surface area contributed by atoms with Crippen molar-refractivity contribution in [3.63, 3.8) is 0 Å². The molecular formula is C9H12N2O3S2. The van der Waals surface area contributed by atoms with E-state index in [9.17, 15) is 13.5 Å². The van der Waals surface area contributed by atoms with E-state index in [1.54, 1.807) is 12.1 Å². The lowest BCUT2D eigenvalue weighted by molar-refractivity contribution is 0.207. The van der Waals surface area contributed by atoms with Crippen molar-refractivity contribution in [1.29, 1.82) is 0 Å². The molecule has 0 aliphatic carbocycles. The Labute approximate surface area is 98.0 Å². The van der Waals surface area contributed by atoms with Crippen LogP contribution in [0.4, 0.5) is 5.69 Å². The Morgan fingerprint density at radius 2 is 2.19 bits per heavy atom. The van der Waals surface area contributed by atoms with Crippen LogP contribution in [0.3, 0.4) is 0 Å². The number of thioether (sulfide) groups is 1. The van der Waals surface area contributed by atoms with E-state index in [1.807, 2.05) is 0 Å². The quantitative estimate of drug-likeness (QED) is 0.772. The topological polar surface area (TPSA) is 93.3 Å². The van der Waals surface area contributed by atoms with Crippen molar-refractivity contribution in [2.24, 2.45) is 0 Å². The Hall–Kier alpha value is -0.790. The Bertz CT molecular complexity index is 472. The molecule has 0 radical (unpaired) electrons. The first kappa shape index (κ1) is 11.7. The Morgan fingerprint density at radius 1 is 1.44 bits per heavy atom. The molecule has 1 aliphatic heterocycles. The summed E-state index contributed by atoms with van der Waals surface area (Å²) in [6, 6.07) is 3.42. The average Bonchev–Trinajstić information content (AvgIpc) is 2.44. The average molecular weight is 260 g/mol. The number of hydrogen-bond donors (Lipinski definition) is 2. The number of aliphatic hydroxyl groups excluding tert-OH is 1. The van der Waals surface area contributed by atoms with Crippen molar-refractivity contribution in [2.45, 2.75) is 16.4 Å². The van der Waals surface area contributed by atoms with Crippen LogP contribution in [0.15, 0.2) is 23.4 Å². The maximum Gasteiger partial charge on any atom is 0.154 e. The van der Waals surface area contributed by atoms with Crippen LogP contribution in [0.5, 0.6) is 0 Å². The first-order valence-corrected chi connectivity index (χ1v) is 7.43. The molecule has 0 spiro atoms. The zero-order valence-electron chi connectivity index (χ0n) is 8.41. The van der Waals surface area contributed by atoms with Crippen LogP contribution in [0.25, 0.3) is 0 Å². The van der Waals surface area contributed by atoms with Gasteiger partial charge in [-0.1, -0.05) is 11.8 Å². The number of anilines is 1. The van der Waals surface area contributed by atoms with Gasteiger partial charge in [-0.2, -0.15) is 0 Å². The van der Waals surface area contributed by atoms with Crippen LogP contribution in [0, 0.1) is 0 Å². The Morgan fingerprint density at radius 3 is 2.69 bits per heavy atom. The predicted octanol–water partition coefficient (Wildman–Crippen LogP) is -0.0862. The maximum atomic E-state index is 11.3. The number of rotatable bonds is 2. The standard InChI is InChI=1S/C9H12N2O3S2/c10-6-1-2-9(11-3-6)15-8-5-16(13,14)4-7(8)12/h1-3,7-8,12H,4-5,10H2. The van der Waals surface area contributed by atoms with Crippen LogP contribution in [-0.2, 0) is 9.84 Å². The molecule has 16 heavy (non-hydrogen) atoms. The molecule has 0 bridgehead atoms. The predicted molar refractivity (Wildman–Crippen MR) is 63.0 cm³/mol. The van der Waals surface area contributed by atoms with Crippen molar-refractivity contribution < 1.29 is 13.5 Å². The highest BCUT2D eigenvalue weighted by molar-refractivity contribution is 8.01. The number of sulfone groups is 1. The van der Waals surface area contributed by atoms with E-state index in [-0.39, 0.29) is 16.8 Å². The molecule has 1 saturated heterocycles. The second-order valence-corrected chi connectivity index (χ2v) is 7.14. The monoisotopic (exact) mass is 260 g/mol. The van der Waals surface area contributed by atoms with Crippen molar-refractivity contribution >= 4 is 27.3 Å². The molecule has 1 aromatic heterocycles. The normalized spacial score (nSPS) is 28.1. The summed E-state index contributed by atoms with van der Waals surface area (Å²) < 4.78 is 22.6.